The van der Waals surface area contributed by atoms with Crippen molar-refractivity contribution >= 4 is 17.2 Å². The SMILES string of the molecule is CC(NC(=O)CCc1ccsc1)c1ccccn1. The van der Waals surface area contributed by atoms with Crippen molar-refractivity contribution in [3.05, 3.63) is 52.5 Å². The van der Waals surface area contributed by atoms with Gasteiger partial charge in [-0.1, -0.05) is 6.07 Å². The van der Waals surface area contributed by atoms with Crippen LogP contribution in [0.3, 0.4) is 0 Å². The maximum atomic E-state index is 11.8. The second kappa shape index (κ2) is 6.31. The maximum Gasteiger partial charge on any atom is 0.220 e. The molecule has 0 aliphatic heterocycles. The van der Waals surface area contributed by atoms with Gasteiger partial charge in [-0.05, 0) is 47.9 Å². The van der Waals surface area contributed by atoms with Gasteiger partial charge in [0.1, 0.15) is 0 Å². The summed E-state index contributed by atoms with van der Waals surface area (Å²) >= 11 is 1.66. The fourth-order valence-electron chi connectivity index (χ4n) is 1.71. The second-order valence-corrected chi connectivity index (χ2v) is 4.96. The molecule has 2 aromatic heterocycles. The van der Waals surface area contributed by atoms with Crippen LogP contribution in [0.1, 0.15) is 30.6 Å². The van der Waals surface area contributed by atoms with E-state index in [-0.39, 0.29) is 11.9 Å². The van der Waals surface area contributed by atoms with E-state index in [0.717, 1.165) is 12.1 Å². The molecule has 2 heterocycles. The number of hydrogen-bond donors (Lipinski definition) is 1. The van der Waals surface area contributed by atoms with Crippen LogP contribution >= 0.6 is 11.3 Å². The number of carbonyl (C=O) groups is 1. The van der Waals surface area contributed by atoms with Crippen molar-refractivity contribution in [2.45, 2.75) is 25.8 Å². The smallest absolute Gasteiger partial charge is 0.220 e. The first-order valence-corrected chi connectivity index (χ1v) is 6.91. The van der Waals surface area contributed by atoms with Gasteiger partial charge in [0.05, 0.1) is 11.7 Å². The van der Waals surface area contributed by atoms with Crippen molar-refractivity contribution in [2.75, 3.05) is 0 Å². The molecule has 3 nitrogen and oxygen atoms in total. The molecular formula is C14H16N2OS. The van der Waals surface area contributed by atoms with Crippen molar-refractivity contribution in [3.8, 4) is 0 Å². The van der Waals surface area contributed by atoms with Crippen molar-refractivity contribution in [3.63, 3.8) is 0 Å². The van der Waals surface area contributed by atoms with Crippen LogP contribution in [0, 0.1) is 0 Å². The summed E-state index contributed by atoms with van der Waals surface area (Å²) in [5.41, 5.74) is 2.11. The Morgan fingerprint density at radius 3 is 3.00 bits per heavy atom. The molecule has 0 radical (unpaired) electrons. The lowest BCUT2D eigenvalue weighted by molar-refractivity contribution is -0.121. The van der Waals surface area contributed by atoms with E-state index in [1.807, 2.05) is 30.5 Å². The Kier molecular flexibility index (Phi) is 4.47. The number of amides is 1. The Hall–Kier alpha value is -1.68. The highest BCUT2D eigenvalue weighted by molar-refractivity contribution is 7.07. The highest BCUT2D eigenvalue weighted by Crippen LogP contribution is 2.10. The topological polar surface area (TPSA) is 42.0 Å². The monoisotopic (exact) mass is 260 g/mol. The number of pyridine rings is 1. The summed E-state index contributed by atoms with van der Waals surface area (Å²) in [6, 6.07) is 7.73. The zero-order valence-electron chi connectivity index (χ0n) is 10.3. The first-order valence-electron chi connectivity index (χ1n) is 5.97. The van der Waals surface area contributed by atoms with Crippen molar-refractivity contribution in [1.82, 2.24) is 10.3 Å². The Morgan fingerprint density at radius 2 is 2.33 bits per heavy atom. The molecule has 0 aromatic carbocycles. The Morgan fingerprint density at radius 1 is 1.44 bits per heavy atom. The third-order valence-electron chi connectivity index (χ3n) is 2.73. The average Bonchev–Trinajstić information content (AvgIpc) is 2.90. The van der Waals surface area contributed by atoms with Gasteiger partial charge in [-0.25, -0.2) is 0 Å². The Balaban J connectivity index is 1.80. The molecule has 2 rings (SSSR count). The van der Waals surface area contributed by atoms with E-state index in [0.29, 0.717) is 6.42 Å². The third-order valence-corrected chi connectivity index (χ3v) is 3.46. The van der Waals surface area contributed by atoms with E-state index in [9.17, 15) is 4.79 Å². The number of thiophene rings is 1. The molecule has 0 aliphatic carbocycles. The normalized spacial score (nSPS) is 12.1. The average molecular weight is 260 g/mol. The van der Waals surface area contributed by atoms with Crippen LogP contribution in [-0.2, 0) is 11.2 Å². The lowest BCUT2D eigenvalue weighted by Crippen LogP contribution is -2.27. The predicted molar refractivity (Wildman–Crippen MR) is 73.4 cm³/mol. The molecule has 4 heteroatoms. The number of rotatable bonds is 5. The largest absolute Gasteiger partial charge is 0.348 e. The highest BCUT2D eigenvalue weighted by Gasteiger charge is 2.10. The number of nitrogens with one attached hydrogen (secondary N) is 1. The van der Waals surface area contributed by atoms with Crippen LogP contribution < -0.4 is 5.32 Å². The molecule has 1 amide bonds. The zero-order valence-corrected chi connectivity index (χ0v) is 11.1. The molecule has 0 aliphatic rings. The molecule has 0 saturated heterocycles. The van der Waals surface area contributed by atoms with Gasteiger partial charge in [0.15, 0.2) is 0 Å². The van der Waals surface area contributed by atoms with Gasteiger partial charge in [0.25, 0.3) is 0 Å². The second-order valence-electron chi connectivity index (χ2n) is 4.18. The van der Waals surface area contributed by atoms with E-state index >= 15 is 0 Å². The Bertz CT molecular complexity index is 482. The summed E-state index contributed by atoms with van der Waals surface area (Å²) in [6.07, 6.45) is 3.06. The standard InChI is InChI=1S/C14H16N2OS/c1-11(13-4-2-3-8-15-13)16-14(17)6-5-12-7-9-18-10-12/h2-4,7-11H,5-6H2,1H3,(H,16,17). The summed E-state index contributed by atoms with van der Waals surface area (Å²) in [5.74, 6) is 0.0688. The minimum atomic E-state index is -0.0406. The van der Waals surface area contributed by atoms with Crippen LogP contribution in [0.2, 0.25) is 0 Å². The molecule has 1 unspecified atom stereocenters. The van der Waals surface area contributed by atoms with Gasteiger partial charge < -0.3 is 5.32 Å². The zero-order chi connectivity index (χ0) is 12.8. The van der Waals surface area contributed by atoms with Crippen LogP contribution in [0.5, 0.6) is 0 Å². The van der Waals surface area contributed by atoms with Gasteiger partial charge in [0, 0.05) is 12.6 Å². The molecule has 0 fully saturated rings. The van der Waals surface area contributed by atoms with E-state index in [4.69, 9.17) is 0 Å². The quantitative estimate of drug-likeness (QED) is 0.898. The molecule has 18 heavy (non-hydrogen) atoms. The Labute approximate surface area is 111 Å². The lowest BCUT2D eigenvalue weighted by atomic mass is 10.1. The molecule has 0 spiro atoms. The number of carbonyl (C=O) groups excluding carboxylic acids is 1. The van der Waals surface area contributed by atoms with Crippen LogP contribution in [0.4, 0.5) is 0 Å². The van der Waals surface area contributed by atoms with Gasteiger partial charge in [-0.15, -0.1) is 0 Å². The van der Waals surface area contributed by atoms with E-state index in [1.165, 1.54) is 5.56 Å². The maximum absolute atomic E-state index is 11.8. The van der Waals surface area contributed by atoms with Crippen molar-refractivity contribution < 1.29 is 4.79 Å². The van der Waals surface area contributed by atoms with E-state index in [2.05, 4.69) is 21.7 Å². The molecule has 2 aromatic rings. The summed E-state index contributed by atoms with van der Waals surface area (Å²) in [4.78, 5) is 16.0. The molecule has 1 atom stereocenters. The van der Waals surface area contributed by atoms with E-state index in [1.54, 1.807) is 17.5 Å². The van der Waals surface area contributed by atoms with Crippen LogP contribution in [0.15, 0.2) is 41.2 Å². The summed E-state index contributed by atoms with van der Waals surface area (Å²) in [5, 5.41) is 7.07. The molecule has 0 bridgehead atoms. The van der Waals surface area contributed by atoms with Gasteiger partial charge >= 0.3 is 0 Å². The van der Waals surface area contributed by atoms with Gasteiger partial charge in [0.2, 0.25) is 5.91 Å². The number of aromatic nitrogens is 1. The first-order chi connectivity index (χ1) is 8.75. The summed E-state index contributed by atoms with van der Waals surface area (Å²) in [6.45, 7) is 1.95. The lowest BCUT2D eigenvalue weighted by Gasteiger charge is -2.12. The highest BCUT2D eigenvalue weighted by atomic mass is 32.1. The minimum Gasteiger partial charge on any atom is -0.348 e. The van der Waals surface area contributed by atoms with Crippen molar-refractivity contribution in [1.29, 1.82) is 0 Å². The fraction of sp³-hybridized carbons (Fsp3) is 0.286. The first kappa shape index (κ1) is 12.8. The van der Waals surface area contributed by atoms with Gasteiger partial charge in [-0.2, -0.15) is 11.3 Å². The molecule has 0 saturated carbocycles. The summed E-state index contributed by atoms with van der Waals surface area (Å²) < 4.78 is 0. The minimum absolute atomic E-state index is 0.0406. The number of nitrogens with zero attached hydrogens (tertiary/aromatic N) is 1. The third kappa shape index (κ3) is 3.67. The number of hydrogen-bond acceptors (Lipinski definition) is 3. The molecule has 94 valence electrons. The van der Waals surface area contributed by atoms with Crippen LogP contribution in [0.25, 0.3) is 0 Å². The number of aryl methyl sites for hydroxylation is 1. The fourth-order valence-corrected chi connectivity index (χ4v) is 2.42. The van der Waals surface area contributed by atoms with E-state index < -0.39 is 0 Å². The predicted octanol–water partition coefficient (Wildman–Crippen LogP) is 2.95. The molecule has 1 N–H and O–H groups in total. The van der Waals surface area contributed by atoms with Gasteiger partial charge in [-0.3, -0.25) is 9.78 Å². The van der Waals surface area contributed by atoms with Crippen molar-refractivity contribution in [2.24, 2.45) is 0 Å². The van der Waals surface area contributed by atoms with Crippen LogP contribution in [-0.4, -0.2) is 10.9 Å². The molecular weight excluding hydrogens is 244 g/mol. The summed E-state index contributed by atoms with van der Waals surface area (Å²) in [7, 11) is 0.